The van der Waals surface area contributed by atoms with Gasteiger partial charge in [0, 0.05) is 17.6 Å². The van der Waals surface area contributed by atoms with Crippen molar-refractivity contribution in [3.63, 3.8) is 0 Å². The second-order valence-corrected chi connectivity index (χ2v) is 5.58. The van der Waals surface area contributed by atoms with E-state index in [0.717, 1.165) is 18.5 Å². The van der Waals surface area contributed by atoms with Crippen LogP contribution in [-0.4, -0.2) is 38.2 Å². The predicted octanol–water partition coefficient (Wildman–Crippen LogP) is 2.97. The Morgan fingerprint density at radius 2 is 2.30 bits per heavy atom. The summed E-state index contributed by atoms with van der Waals surface area (Å²) in [4.78, 5) is 2.36. The van der Waals surface area contributed by atoms with Gasteiger partial charge >= 0.3 is 0 Å². The molecule has 0 saturated carbocycles. The van der Waals surface area contributed by atoms with Crippen LogP contribution in [0.4, 0.5) is 4.39 Å². The molecule has 1 fully saturated rings. The van der Waals surface area contributed by atoms with E-state index in [0.29, 0.717) is 18.4 Å². The third-order valence-electron chi connectivity index (χ3n) is 4.27. The fourth-order valence-corrected chi connectivity index (χ4v) is 2.82. The molecule has 0 amide bonds. The molecule has 1 aliphatic rings. The van der Waals surface area contributed by atoms with Crippen molar-refractivity contribution in [2.24, 2.45) is 0 Å². The number of para-hydroxylation sites is 1. The van der Waals surface area contributed by atoms with Crippen molar-refractivity contribution in [3.8, 4) is 5.75 Å². The molecule has 1 aromatic rings. The maximum absolute atomic E-state index is 14.0. The fourth-order valence-electron chi connectivity index (χ4n) is 2.82. The van der Waals surface area contributed by atoms with E-state index in [1.807, 2.05) is 20.0 Å². The molecule has 1 aromatic carbocycles. The minimum Gasteiger partial charge on any atom is -0.490 e. The van der Waals surface area contributed by atoms with Crippen LogP contribution in [0.15, 0.2) is 18.2 Å². The predicted molar refractivity (Wildman–Crippen MR) is 79.6 cm³/mol. The van der Waals surface area contributed by atoms with Crippen LogP contribution in [0, 0.1) is 5.82 Å². The van der Waals surface area contributed by atoms with Gasteiger partial charge in [-0.05, 0) is 52.9 Å². The molecule has 112 valence electrons. The first-order valence-corrected chi connectivity index (χ1v) is 7.42. The number of nitrogens with zero attached hydrogens (tertiary/aromatic N) is 1. The minimum atomic E-state index is -0.274. The Bertz CT molecular complexity index is 438. The average molecular weight is 280 g/mol. The first kappa shape index (κ1) is 15.3. The lowest BCUT2D eigenvalue weighted by Crippen LogP contribution is -2.26. The van der Waals surface area contributed by atoms with Crippen LogP contribution in [0.1, 0.15) is 37.8 Å². The van der Waals surface area contributed by atoms with E-state index in [-0.39, 0.29) is 11.9 Å². The van der Waals surface area contributed by atoms with Crippen LogP contribution in [-0.2, 0) is 0 Å². The topological polar surface area (TPSA) is 24.5 Å². The lowest BCUT2D eigenvalue weighted by atomic mass is 10.1. The SMILES string of the molecule is CNC(C)c1cccc(F)c1OCCC1CCCN1C. The number of halogens is 1. The zero-order valence-electron chi connectivity index (χ0n) is 12.7. The molecule has 4 heteroatoms. The van der Waals surface area contributed by atoms with Crippen molar-refractivity contribution in [2.75, 3.05) is 27.2 Å². The van der Waals surface area contributed by atoms with E-state index in [2.05, 4.69) is 17.3 Å². The van der Waals surface area contributed by atoms with Gasteiger partial charge in [-0.1, -0.05) is 12.1 Å². The van der Waals surface area contributed by atoms with E-state index in [1.54, 1.807) is 6.07 Å². The maximum Gasteiger partial charge on any atom is 0.165 e. The van der Waals surface area contributed by atoms with Crippen LogP contribution < -0.4 is 10.1 Å². The molecule has 0 radical (unpaired) electrons. The number of rotatable bonds is 6. The zero-order chi connectivity index (χ0) is 14.5. The third-order valence-corrected chi connectivity index (χ3v) is 4.27. The fraction of sp³-hybridized carbons (Fsp3) is 0.625. The molecule has 20 heavy (non-hydrogen) atoms. The zero-order valence-corrected chi connectivity index (χ0v) is 12.7. The van der Waals surface area contributed by atoms with Crippen LogP contribution in [0.3, 0.4) is 0 Å². The van der Waals surface area contributed by atoms with E-state index in [9.17, 15) is 4.39 Å². The summed E-state index contributed by atoms with van der Waals surface area (Å²) in [6.45, 7) is 3.73. The molecule has 1 heterocycles. The van der Waals surface area contributed by atoms with E-state index >= 15 is 0 Å². The van der Waals surface area contributed by atoms with Gasteiger partial charge in [0.25, 0.3) is 0 Å². The molecular formula is C16H25FN2O. The number of benzene rings is 1. The normalized spacial score (nSPS) is 21.1. The molecule has 2 rings (SSSR count). The molecule has 1 N–H and O–H groups in total. The summed E-state index contributed by atoms with van der Waals surface area (Å²) in [6.07, 6.45) is 3.43. The number of ether oxygens (including phenoxy) is 1. The Labute approximate surface area is 121 Å². The van der Waals surface area contributed by atoms with Crippen molar-refractivity contribution in [1.29, 1.82) is 0 Å². The number of hydrogen-bond donors (Lipinski definition) is 1. The monoisotopic (exact) mass is 280 g/mol. The third kappa shape index (κ3) is 3.49. The molecule has 3 nitrogen and oxygen atoms in total. The molecule has 2 atom stereocenters. The minimum absolute atomic E-state index is 0.0786. The van der Waals surface area contributed by atoms with Crippen LogP contribution in [0.25, 0.3) is 0 Å². The second-order valence-electron chi connectivity index (χ2n) is 5.58. The summed E-state index contributed by atoms with van der Waals surface area (Å²) in [6, 6.07) is 5.77. The molecule has 0 spiro atoms. The highest BCUT2D eigenvalue weighted by Gasteiger charge is 2.21. The average Bonchev–Trinajstić information content (AvgIpc) is 2.85. The smallest absolute Gasteiger partial charge is 0.165 e. The van der Waals surface area contributed by atoms with Crippen molar-refractivity contribution >= 4 is 0 Å². The molecule has 0 aromatic heterocycles. The van der Waals surface area contributed by atoms with Crippen molar-refractivity contribution in [3.05, 3.63) is 29.6 Å². The van der Waals surface area contributed by atoms with Crippen LogP contribution in [0.2, 0.25) is 0 Å². The summed E-state index contributed by atoms with van der Waals surface area (Å²) in [7, 11) is 4.02. The van der Waals surface area contributed by atoms with Crippen LogP contribution in [0.5, 0.6) is 5.75 Å². The highest BCUT2D eigenvalue weighted by Crippen LogP contribution is 2.28. The van der Waals surface area contributed by atoms with Gasteiger partial charge in [-0.3, -0.25) is 0 Å². The Hall–Kier alpha value is -1.13. The van der Waals surface area contributed by atoms with Crippen LogP contribution >= 0.6 is 0 Å². The maximum atomic E-state index is 14.0. The highest BCUT2D eigenvalue weighted by atomic mass is 19.1. The standard InChI is InChI=1S/C16H25FN2O/c1-12(18-2)14-7-4-8-15(17)16(14)20-11-9-13-6-5-10-19(13)3/h4,7-8,12-13,18H,5-6,9-11H2,1-3H3. The highest BCUT2D eigenvalue weighted by molar-refractivity contribution is 5.37. The van der Waals surface area contributed by atoms with Crippen molar-refractivity contribution in [2.45, 2.75) is 38.3 Å². The summed E-state index contributed by atoms with van der Waals surface area (Å²) in [5, 5.41) is 3.13. The van der Waals surface area contributed by atoms with E-state index in [1.165, 1.54) is 18.9 Å². The first-order chi connectivity index (χ1) is 9.63. The molecule has 0 aliphatic carbocycles. The Kier molecular flexibility index (Phi) is 5.38. The van der Waals surface area contributed by atoms with Gasteiger partial charge in [0.15, 0.2) is 11.6 Å². The Morgan fingerprint density at radius 1 is 1.50 bits per heavy atom. The van der Waals surface area contributed by atoms with Gasteiger partial charge in [0.2, 0.25) is 0 Å². The first-order valence-electron chi connectivity index (χ1n) is 7.42. The quantitative estimate of drug-likeness (QED) is 0.867. The second kappa shape index (κ2) is 7.04. The van der Waals surface area contributed by atoms with E-state index < -0.39 is 0 Å². The molecule has 1 saturated heterocycles. The van der Waals surface area contributed by atoms with E-state index in [4.69, 9.17) is 4.74 Å². The lowest BCUT2D eigenvalue weighted by molar-refractivity contribution is 0.225. The number of nitrogens with one attached hydrogen (secondary N) is 1. The molecule has 1 aliphatic heterocycles. The van der Waals surface area contributed by atoms with Gasteiger partial charge in [0.05, 0.1) is 6.61 Å². The summed E-state index contributed by atoms with van der Waals surface area (Å²) in [5.74, 6) is 0.124. The van der Waals surface area contributed by atoms with Gasteiger partial charge in [0.1, 0.15) is 0 Å². The molecular weight excluding hydrogens is 255 g/mol. The Morgan fingerprint density at radius 3 is 2.95 bits per heavy atom. The summed E-state index contributed by atoms with van der Waals surface area (Å²) >= 11 is 0. The number of likely N-dealkylation sites (tertiary alicyclic amines) is 1. The van der Waals surface area contributed by atoms with Crippen molar-refractivity contribution in [1.82, 2.24) is 10.2 Å². The summed E-state index contributed by atoms with van der Waals surface area (Å²) < 4.78 is 19.7. The Balaban J connectivity index is 1.98. The van der Waals surface area contributed by atoms with Gasteiger partial charge in [-0.2, -0.15) is 0 Å². The number of hydrogen-bond acceptors (Lipinski definition) is 3. The van der Waals surface area contributed by atoms with Gasteiger partial charge in [-0.15, -0.1) is 0 Å². The summed E-state index contributed by atoms with van der Waals surface area (Å²) in [5.41, 5.74) is 0.882. The lowest BCUT2D eigenvalue weighted by Gasteiger charge is -2.21. The largest absolute Gasteiger partial charge is 0.490 e. The van der Waals surface area contributed by atoms with Gasteiger partial charge < -0.3 is 15.0 Å². The van der Waals surface area contributed by atoms with Gasteiger partial charge in [-0.25, -0.2) is 4.39 Å². The van der Waals surface area contributed by atoms with Crippen molar-refractivity contribution < 1.29 is 9.13 Å². The molecule has 2 unspecified atom stereocenters. The molecule has 0 bridgehead atoms.